The summed E-state index contributed by atoms with van der Waals surface area (Å²) in [5.41, 5.74) is 1.45. The summed E-state index contributed by atoms with van der Waals surface area (Å²) in [7, 11) is 0. The molecule has 172 valence electrons. The highest BCUT2D eigenvalue weighted by molar-refractivity contribution is 5.68. The lowest BCUT2D eigenvalue weighted by Crippen LogP contribution is -2.37. The second-order valence-corrected chi connectivity index (χ2v) is 9.71. The number of rotatable bonds is 6. The summed E-state index contributed by atoms with van der Waals surface area (Å²) in [6, 6.07) is 12.7. The van der Waals surface area contributed by atoms with Crippen LogP contribution in [0.25, 0.3) is 0 Å². The third-order valence-corrected chi connectivity index (χ3v) is 4.35. The van der Waals surface area contributed by atoms with Gasteiger partial charge in [0.1, 0.15) is 11.6 Å². The van der Waals surface area contributed by atoms with Crippen LogP contribution in [-0.4, -0.2) is 22.2 Å². The van der Waals surface area contributed by atoms with Crippen LogP contribution in [0.4, 0.5) is 10.5 Å². The number of nitrogens with zero attached hydrogens (tertiary/aromatic N) is 3. The van der Waals surface area contributed by atoms with Crippen LogP contribution in [0.3, 0.4) is 0 Å². The minimum absolute atomic E-state index is 0.0211. The van der Waals surface area contributed by atoms with E-state index in [-0.39, 0.29) is 5.69 Å². The number of carbonyl (C=O) groups excluding carboxylic acids is 1. The van der Waals surface area contributed by atoms with Gasteiger partial charge in [-0.2, -0.15) is 10.2 Å². The summed E-state index contributed by atoms with van der Waals surface area (Å²) in [5.74, 6) is 0. The molecule has 0 spiro atoms. The Hall–Kier alpha value is -3.29. The van der Waals surface area contributed by atoms with Crippen molar-refractivity contribution in [3.05, 3.63) is 75.3 Å². The van der Waals surface area contributed by atoms with Crippen LogP contribution in [0.15, 0.2) is 58.8 Å². The molecule has 0 unspecified atom stereocenters. The standard InChI is InChI=1S/C24H32N4O4/c1-16-8-10-17(11-9-16)20(25-22(29)32-24(5,6)7)21(26-27-23(2,3)4)18-12-14-19(15-13-18)28(30)31/h8-15,20-21H,1-7H3,(H,25,29)/t20-,21+/m1/s1. The van der Waals surface area contributed by atoms with Crippen LogP contribution >= 0.6 is 0 Å². The molecule has 1 N–H and O–H groups in total. The SMILES string of the molecule is Cc1ccc([C@@H](NC(=O)OC(C)(C)C)[C@@H](N=NC(C)(C)C)c2ccc([N+](=O)[O-])cc2)cc1. The zero-order valence-electron chi connectivity index (χ0n) is 19.7. The van der Waals surface area contributed by atoms with Crippen molar-refractivity contribution < 1.29 is 14.5 Å². The van der Waals surface area contributed by atoms with Gasteiger partial charge in [0, 0.05) is 12.1 Å². The third kappa shape index (κ3) is 7.76. The Labute approximate surface area is 189 Å². The van der Waals surface area contributed by atoms with Gasteiger partial charge in [0.2, 0.25) is 0 Å². The van der Waals surface area contributed by atoms with Crippen molar-refractivity contribution in [2.24, 2.45) is 10.2 Å². The van der Waals surface area contributed by atoms with E-state index < -0.39 is 34.2 Å². The van der Waals surface area contributed by atoms with Crippen LogP contribution in [0.1, 0.15) is 70.3 Å². The van der Waals surface area contributed by atoms with E-state index in [0.29, 0.717) is 5.56 Å². The van der Waals surface area contributed by atoms with Gasteiger partial charge in [0.05, 0.1) is 16.5 Å². The smallest absolute Gasteiger partial charge is 0.408 e. The molecule has 0 aliphatic rings. The van der Waals surface area contributed by atoms with Crippen molar-refractivity contribution in [2.45, 2.75) is 71.7 Å². The molecule has 0 bridgehead atoms. The van der Waals surface area contributed by atoms with Gasteiger partial charge >= 0.3 is 6.09 Å². The number of aryl methyl sites for hydroxylation is 1. The molecule has 0 saturated heterocycles. The first kappa shape index (κ1) is 25.0. The van der Waals surface area contributed by atoms with Crippen molar-refractivity contribution >= 4 is 11.8 Å². The predicted octanol–water partition coefficient (Wildman–Crippen LogP) is 6.46. The van der Waals surface area contributed by atoms with Crippen LogP contribution in [0, 0.1) is 17.0 Å². The largest absolute Gasteiger partial charge is 0.444 e. The number of hydrogen-bond donors (Lipinski definition) is 1. The van der Waals surface area contributed by atoms with Crippen molar-refractivity contribution in [1.82, 2.24) is 5.32 Å². The maximum Gasteiger partial charge on any atom is 0.408 e. The van der Waals surface area contributed by atoms with Gasteiger partial charge in [-0.05, 0) is 71.7 Å². The lowest BCUT2D eigenvalue weighted by Gasteiger charge is -2.28. The molecule has 2 rings (SSSR count). The van der Waals surface area contributed by atoms with Crippen molar-refractivity contribution in [3.63, 3.8) is 0 Å². The van der Waals surface area contributed by atoms with Gasteiger partial charge in [0.25, 0.3) is 5.69 Å². The number of azo groups is 1. The molecule has 2 atom stereocenters. The molecule has 8 nitrogen and oxygen atoms in total. The molecule has 0 aliphatic heterocycles. The molecular formula is C24H32N4O4. The fourth-order valence-electron chi connectivity index (χ4n) is 2.91. The Balaban J connectivity index is 2.55. The molecule has 0 saturated carbocycles. The normalized spacial score (nSPS) is 14.1. The van der Waals surface area contributed by atoms with Crippen molar-refractivity contribution in [3.8, 4) is 0 Å². The Bertz CT molecular complexity index is 955. The fraction of sp³-hybridized carbons (Fsp3) is 0.458. The van der Waals surface area contributed by atoms with E-state index in [4.69, 9.17) is 4.74 Å². The molecule has 0 heterocycles. The first-order valence-electron chi connectivity index (χ1n) is 10.5. The predicted molar refractivity (Wildman–Crippen MR) is 124 cm³/mol. The molecule has 2 aromatic carbocycles. The number of nitro benzene ring substituents is 1. The van der Waals surface area contributed by atoms with Crippen molar-refractivity contribution in [1.29, 1.82) is 0 Å². The molecular weight excluding hydrogens is 408 g/mol. The summed E-state index contributed by atoms with van der Waals surface area (Å²) in [4.78, 5) is 23.3. The highest BCUT2D eigenvalue weighted by Gasteiger charge is 2.30. The average molecular weight is 441 g/mol. The Kier molecular flexibility index (Phi) is 7.72. The Morgan fingerprint density at radius 2 is 1.50 bits per heavy atom. The molecule has 0 aromatic heterocycles. The van der Waals surface area contributed by atoms with E-state index in [1.807, 2.05) is 52.0 Å². The molecule has 0 aliphatic carbocycles. The Morgan fingerprint density at radius 3 is 1.97 bits per heavy atom. The van der Waals surface area contributed by atoms with Crippen molar-refractivity contribution in [2.75, 3.05) is 0 Å². The number of hydrogen-bond acceptors (Lipinski definition) is 6. The molecule has 32 heavy (non-hydrogen) atoms. The van der Waals surface area contributed by atoms with Crippen LogP contribution < -0.4 is 5.32 Å². The summed E-state index contributed by atoms with van der Waals surface area (Å²) in [6.45, 7) is 13.1. The van der Waals surface area contributed by atoms with E-state index in [1.54, 1.807) is 32.9 Å². The quantitative estimate of drug-likeness (QED) is 0.316. The fourth-order valence-corrected chi connectivity index (χ4v) is 2.91. The van der Waals surface area contributed by atoms with E-state index in [9.17, 15) is 14.9 Å². The van der Waals surface area contributed by atoms with E-state index in [1.165, 1.54) is 12.1 Å². The van der Waals surface area contributed by atoms with Gasteiger partial charge in [-0.1, -0.05) is 29.8 Å². The number of amides is 1. The number of non-ortho nitro benzene ring substituents is 1. The number of nitro groups is 1. The minimum atomic E-state index is -0.669. The monoisotopic (exact) mass is 440 g/mol. The highest BCUT2D eigenvalue weighted by Crippen LogP contribution is 2.35. The first-order valence-corrected chi connectivity index (χ1v) is 10.5. The number of nitrogens with one attached hydrogen (secondary N) is 1. The second-order valence-electron chi connectivity index (χ2n) is 9.71. The van der Waals surface area contributed by atoms with Crippen LogP contribution in [0.2, 0.25) is 0 Å². The zero-order valence-corrected chi connectivity index (χ0v) is 19.7. The molecule has 0 fully saturated rings. The molecule has 0 radical (unpaired) electrons. The number of benzene rings is 2. The first-order chi connectivity index (χ1) is 14.7. The maximum absolute atomic E-state index is 12.7. The highest BCUT2D eigenvalue weighted by atomic mass is 16.6. The van der Waals surface area contributed by atoms with Gasteiger partial charge in [-0.3, -0.25) is 10.1 Å². The van der Waals surface area contributed by atoms with Gasteiger partial charge in [-0.25, -0.2) is 4.79 Å². The van der Waals surface area contributed by atoms with Crippen LogP contribution in [-0.2, 0) is 4.74 Å². The van der Waals surface area contributed by atoms with Crippen LogP contribution in [0.5, 0.6) is 0 Å². The average Bonchev–Trinajstić information content (AvgIpc) is 2.66. The number of ether oxygens (including phenoxy) is 1. The molecule has 2 aromatic rings. The summed E-state index contributed by atoms with van der Waals surface area (Å²) >= 11 is 0. The second kappa shape index (κ2) is 9.89. The molecule has 8 heteroatoms. The van der Waals surface area contributed by atoms with E-state index in [2.05, 4.69) is 15.5 Å². The van der Waals surface area contributed by atoms with E-state index >= 15 is 0 Å². The van der Waals surface area contributed by atoms with Gasteiger partial charge in [-0.15, -0.1) is 0 Å². The Morgan fingerprint density at radius 1 is 0.969 bits per heavy atom. The topological polar surface area (TPSA) is 106 Å². The van der Waals surface area contributed by atoms with Gasteiger partial charge < -0.3 is 10.1 Å². The summed E-state index contributed by atoms with van der Waals surface area (Å²) in [6.07, 6.45) is -0.582. The number of alkyl carbamates (subject to hydrolysis) is 1. The summed E-state index contributed by atoms with van der Waals surface area (Å²) < 4.78 is 5.48. The van der Waals surface area contributed by atoms with Gasteiger partial charge in [0.15, 0.2) is 0 Å². The summed E-state index contributed by atoms with van der Waals surface area (Å²) in [5, 5.41) is 23.0. The third-order valence-electron chi connectivity index (χ3n) is 4.35. The van der Waals surface area contributed by atoms with E-state index in [0.717, 1.165) is 11.1 Å². The lowest BCUT2D eigenvalue weighted by molar-refractivity contribution is -0.384. The maximum atomic E-state index is 12.7. The minimum Gasteiger partial charge on any atom is -0.444 e. The lowest BCUT2D eigenvalue weighted by atomic mass is 9.93. The number of carbonyl (C=O) groups is 1. The zero-order chi connectivity index (χ0) is 24.1. The molecule has 1 amide bonds.